The average Bonchev–Trinajstić information content (AvgIpc) is 2.47. The molecule has 2 heterocycles. The Bertz CT molecular complexity index is 432. The third kappa shape index (κ3) is 1.72. The molecule has 5 heteroatoms. The Morgan fingerprint density at radius 1 is 1.50 bits per heavy atom. The highest BCUT2D eigenvalue weighted by Gasteiger charge is 2.29. The van der Waals surface area contributed by atoms with E-state index < -0.39 is 9.84 Å². The molecule has 0 aliphatic carbocycles. The van der Waals surface area contributed by atoms with E-state index >= 15 is 0 Å². The molecule has 0 spiro atoms. The fraction of sp³-hybridized carbons (Fsp3) is 0.444. The molecule has 0 bridgehead atoms. The van der Waals surface area contributed by atoms with Crippen LogP contribution in [0.5, 0.6) is 0 Å². The van der Waals surface area contributed by atoms with Gasteiger partial charge in [-0.15, -0.1) is 0 Å². The normalized spacial score (nSPS) is 16.7. The Kier molecular flexibility index (Phi) is 3.10. The summed E-state index contributed by atoms with van der Waals surface area (Å²) in [5, 5.41) is 0. The van der Waals surface area contributed by atoms with Gasteiger partial charge in [-0.2, -0.15) is 0 Å². The number of fused-ring (bicyclic) bond motifs is 1. The van der Waals surface area contributed by atoms with Crippen LogP contribution in [-0.4, -0.2) is 19.2 Å². The minimum absolute atomic E-state index is 0. The SMILES string of the molecule is CC.Nc1ccnc2c1S(=O)(=O)CC2.[HH]. The van der Waals surface area contributed by atoms with Gasteiger partial charge in [0.15, 0.2) is 9.84 Å². The van der Waals surface area contributed by atoms with Crippen molar-refractivity contribution in [2.24, 2.45) is 0 Å². The lowest BCUT2D eigenvalue weighted by atomic mass is 10.3. The van der Waals surface area contributed by atoms with Crippen molar-refractivity contribution in [1.82, 2.24) is 4.98 Å². The zero-order valence-electron chi connectivity index (χ0n) is 8.32. The molecule has 0 aromatic carbocycles. The van der Waals surface area contributed by atoms with Crippen LogP contribution in [0, 0.1) is 0 Å². The van der Waals surface area contributed by atoms with E-state index in [1.807, 2.05) is 13.8 Å². The number of hydrogen-bond acceptors (Lipinski definition) is 4. The van der Waals surface area contributed by atoms with Crippen molar-refractivity contribution in [3.05, 3.63) is 18.0 Å². The molecule has 0 unspecified atom stereocenters. The first-order chi connectivity index (χ1) is 6.61. The van der Waals surface area contributed by atoms with Crippen LogP contribution in [0.2, 0.25) is 0 Å². The van der Waals surface area contributed by atoms with Crippen LogP contribution in [0.1, 0.15) is 21.0 Å². The van der Waals surface area contributed by atoms with Crippen LogP contribution in [0.15, 0.2) is 17.2 Å². The lowest BCUT2D eigenvalue weighted by molar-refractivity contribution is 0.600. The van der Waals surface area contributed by atoms with E-state index in [2.05, 4.69) is 4.98 Å². The van der Waals surface area contributed by atoms with E-state index in [0.29, 0.717) is 17.8 Å². The van der Waals surface area contributed by atoms with Gasteiger partial charge in [0, 0.05) is 14.0 Å². The summed E-state index contributed by atoms with van der Waals surface area (Å²) < 4.78 is 22.7. The molecular weight excluding hydrogens is 200 g/mol. The number of nitrogen functional groups attached to an aromatic ring is 1. The second-order valence-corrected chi connectivity index (χ2v) is 4.79. The Hall–Kier alpha value is -1.10. The summed E-state index contributed by atoms with van der Waals surface area (Å²) >= 11 is 0. The summed E-state index contributed by atoms with van der Waals surface area (Å²) in [6.07, 6.45) is 2.03. The summed E-state index contributed by atoms with van der Waals surface area (Å²) in [5.41, 5.74) is 6.45. The summed E-state index contributed by atoms with van der Waals surface area (Å²) in [6, 6.07) is 1.52. The smallest absolute Gasteiger partial charge is 0.182 e. The van der Waals surface area contributed by atoms with Crippen LogP contribution >= 0.6 is 0 Å². The second-order valence-electron chi connectivity index (χ2n) is 2.74. The highest BCUT2D eigenvalue weighted by atomic mass is 32.2. The Labute approximate surface area is 85.6 Å². The number of nitrogens with two attached hydrogens (primary N) is 1. The van der Waals surface area contributed by atoms with Gasteiger partial charge in [-0.05, 0) is 6.07 Å². The van der Waals surface area contributed by atoms with Crippen molar-refractivity contribution in [2.75, 3.05) is 11.5 Å². The fourth-order valence-electron chi connectivity index (χ4n) is 1.38. The summed E-state index contributed by atoms with van der Waals surface area (Å²) in [7, 11) is -3.12. The number of aromatic nitrogens is 1. The molecule has 1 aromatic heterocycles. The van der Waals surface area contributed by atoms with Crippen molar-refractivity contribution < 1.29 is 9.84 Å². The minimum Gasteiger partial charge on any atom is -0.398 e. The number of anilines is 1. The highest BCUT2D eigenvalue weighted by Crippen LogP contribution is 2.28. The zero-order chi connectivity index (χ0) is 10.8. The van der Waals surface area contributed by atoms with Crippen molar-refractivity contribution in [3.63, 3.8) is 0 Å². The largest absolute Gasteiger partial charge is 0.398 e. The summed E-state index contributed by atoms with van der Waals surface area (Å²) in [4.78, 5) is 4.20. The molecule has 14 heavy (non-hydrogen) atoms. The second kappa shape index (κ2) is 3.96. The van der Waals surface area contributed by atoms with Crippen molar-refractivity contribution in [3.8, 4) is 0 Å². The molecule has 4 nitrogen and oxygen atoms in total. The van der Waals surface area contributed by atoms with E-state index in [0.717, 1.165) is 0 Å². The first kappa shape index (κ1) is 11.0. The lowest BCUT2D eigenvalue weighted by Gasteiger charge is -1.99. The van der Waals surface area contributed by atoms with Gasteiger partial charge in [0.2, 0.25) is 0 Å². The maximum Gasteiger partial charge on any atom is 0.182 e. The monoisotopic (exact) mass is 216 g/mol. The standard InChI is InChI=1S/C7H8N2O2S.C2H6.H2/c8-5-1-3-9-6-2-4-12(10,11)7(5)6;1-2;/h1,3H,2,4H2,(H2,8,9);1-2H3;1H. The molecular formula is C9H16N2O2S. The third-order valence-electron chi connectivity index (χ3n) is 1.93. The molecule has 0 radical (unpaired) electrons. The summed E-state index contributed by atoms with van der Waals surface area (Å²) in [6.45, 7) is 4.00. The topological polar surface area (TPSA) is 73.0 Å². The van der Waals surface area contributed by atoms with Gasteiger partial charge in [-0.1, -0.05) is 13.8 Å². The van der Waals surface area contributed by atoms with Crippen molar-refractivity contribution in [1.29, 1.82) is 0 Å². The quantitative estimate of drug-likeness (QED) is 0.708. The fourth-order valence-corrected chi connectivity index (χ4v) is 2.99. The number of nitrogens with zero attached hydrogens (tertiary/aromatic N) is 1. The minimum atomic E-state index is -3.12. The maximum atomic E-state index is 11.4. The molecule has 80 valence electrons. The zero-order valence-corrected chi connectivity index (χ0v) is 9.13. The number of aryl methyl sites for hydroxylation is 1. The van der Waals surface area contributed by atoms with Crippen LogP contribution in [0.4, 0.5) is 5.69 Å². The molecule has 0 atom stereocenters. The van der Waals surface area contributed by atoms with Gasteiger partial charge in [0.25, 0.3) is 0 Å². The van der Waals surface area contributed by atoms with E-state index in [1.54, 1.807) is 0 Å². The van der Waals surface area contributed by atoms with E-state index in [-0.39, 0.29) is 12.1 Å². The molecule has 1 aromatic rings. The molecule has 0 saturated carbocycles. The Morgan fingerprint density at radius 3 is 2.71 bits per heavy atom. The number of rotatable bonds is 0. The first-order valence-electron chi connectivity index (χ1n) is 4.57. The average molecular weight is 216 g/mol. The van der Waals surface area contributed by atoms with Gasteiger partial charge in [0.05, 0.1) is 17.1 Å². The Morgan fingerprint density at radius 2 is 2.14 bits per heavy atom. The van der Waals surface area contributed by atoms with Crippen molar-refractivity contribution >= 4 is 15.5 Å². The number of hydrogen-bond donors (Lipinski definition) is 1. The predicted octanol–water partition coefficient (Wildman–Crippen LogP) is 1.27. The molecule has 0 saturated heterocycles. The number of sulfone groups is 1. The van der Waals surface area contributed by atoms with Crippen LogP contribution < -0.4 is 5.73 Å². The van der Waals surface area contributed by atoms with Crippen LogP contribution in [-0.2, 0) is 16.3 Å². The summed E-state index contributed by atoms with van der Waals surface area (Å²) in [5.74, 6) is 0.142. The molecule has 0 fully saturated rings. The molecule has 2 rings (SSSR count). The van der Waals surface area contributed by atoms with Gasteiger partial charge in [-0.3, -0.25) is 4.98 Å². The van der Waals surface area contributed by atoms with Crippen molar-refractivity contribution in [2.45, 2.75) is 25.2 Å². The molecule has 2 N–H and O–H groups in total. The highest BCUT2D eigenvalue weighted by molar-refractivity contribution is 7.91. The maximum absolute atomic E-state index is 11.4. The molecule has 1 aliphatic heterocycles. The lowest BCUT2D eigenvalue weighted by Crippen LogP contribution is -2.02. The Balaban J connectivity index is 0.000000617. The van der Waals surface area contributed by atoms with Crippen LogP contribution in [0.3, 0.4) is 0 Å². The predicted molar refractivity (Wildman–Crippen MR) is 57.9 cm³/mol. The molecule has 1 aliphatic rings. The molecule has 0 amide bonds. The van der Waals surface area contributed by atoms with E-state index in [1.165, 1.54) is 12.3 Å². The van der Waals surface area contributed by atoms with E-state index in [9.17, 15) is 8.42 Å². The van der Waals surface area contributed by atoms with Gasteiger partial charge in [-0.25, -0.2) is 8.42 Å². The first-order valence-corrected chi connectivity index (χ1v) is 6.22. The van der Waals surface area contributed by atoms with Crippen LogP contribution in [0.25, 0.3) is 0 Å². The van der Waals surface area contributed by atoms with Gasteiger partial charge in [0.1, 0.15) is 4.90 Å². The number of pyridine rings is 1. The van der Waals surface area contributed by atoms with E-state index in [4.69, 9.17) is 5.73 Å². The van der Waals surface area contributed by atoms with Gasteiger partial charge >= 0.3 is 0 Å². The van der Waals surface area contributed by atoms with Gasteiger partial charge < -0.3 is 5.73 Å². The third-order valence-corrected chi connectivity index (χ3v) is 3.76.